The molecule has 0 aromatic carbocycles. The molecule has 5 aliphatic rings. The van der Waals surface area contributed by atoms with Gasteiger partial charge in [0.2, 0.25) is 5.91 Å². The van der Waals surface area contributed by atoms with Crippen LogP contribution in [0.2, 0.25) is 0 Å². The second kappa shape index (κ2) is 18.8. The second-order valence-electron chi connectivity index (χ2n) is 12.8. The molecule has 258 valence electrons. The minimum Gasteiger partial charge on any atom is -0.482 e. The van der Waals surface area contributed by atoms with Crippen LogP contribution in [0.4, 0.5) is 0 Å². The fraction of sp³-hybridized carbons (Fsp3) is 0.553. The summed E-state index contributed by atoms with van der Waals surface area (Å²) in [7, 11) is 2.20. The number of amides is 1. The molecule has 0 aromatic heterocycles. The molecule has 3 fully saturated rings. The van der Waals surface area contributed by atoms with Gasteiger partial charge in [0.15, 0.2) is 0 Å². The SMILES string of the molecule is C=C(C)/C(CNC(=O)/C=C/C(=C\C(=C\C)N(C)C1CCNCC1)C1=C2CCCC(=C1)C(CN1CCOCC1)N2)=C(\C/C=C/C)OCN. The minimum absolute atomic E-state index is 0.0685. The monoisotopic (exact) mass is 646 g/mol. The predicted octanol–water partition coefficient (Wildman–Crippen LogP) is 4.57. The number of fused-ring (bicyclic) bond motifs is 4. The number of piperidine rings is 1. The summed E-state index contributed by atoms with van der Waals surface area (Å²) < 4.78 is 11.3. The molecule has 0 saturated carbocycles. The van der Waals surface area contributed by atoms with E-state index in [2.05, 4.69) is 64.5 Å². The molecule has 4 heterocycles. The summed E-state index contributed by atoms with van der Waals surface area (Å²) in [5.74, 6) is 0.559. The normalized spacial score (nSPS) is 22.2. The van der Waals surface area contributed by atoms with E-state index in [1.54, 1.807) is 6.08 Å². The summed E-state index contributed by atoms with van der Waals surface area (Å²) in [5, 5.41) is 10.5. The standard InChI is InChI=1S/C38H58N6O3/c1-6-8-12-37(47-27-39)34(28(3)4)25-41-38(45)14-13-29(23-31(7-2)43(5)32-15-17-40-18-16-32)33-24-30-10-9-11-35(33)42-36(30)26-44-19-21-46-22-20-44/h6-8,13-14,23-24,32,36,40,42H,3,9-12,15-22,25-27,39H2,1-2,4-5H3,(H,41,45)/b8-6+,14-13+,29-23+,31-7-,37-34+. The van der Waals surface area contributed by atoms with Crippen LogP contribution in [0.15, 0.2) is 94.1 Å². The molecule has 9 heteroatoms. The van der Waals surface area contributed by atoms with Crippen molar-refractivity contribution >= 4 is 5.91 Å². The van der Waals surface area contributed by atoms with Crippen molar-refractivity contribution in [1.82, 2.24) is 25.8 Å². The Morgan fingerprint density at radius 3 is 2.66 bits per heavy atom. The zero-order valence-electron chi connectivity index (χ0n) is 29.2. The molecule has 3 saturated heterocycles. The fourth-order valence-corrected chi connectivity index (χ4v) is 6.79. The lowest BCUT2D eigenvalue weighted by Gasteiger charge is -2.35. The van der Waals surface area contributed by atoms with Crippen LogP contribution >= 0.6 is 0 Å². The van der Waals surface area contributed by atoms with E-state index in [0.717, 1.165) is 106 Å². The highest BCUT2D eigenvalue weighted by atomic mass is 16.5. The van der Waals surface area contributed by atoms with Crippen LogP contribution in [0.1, 0.15) is 59.3 Å². The molecule has 9 nitrogen and oxygen atoms in total. The van der Waals surface area contributed by atoms with E-state index in [4.69, 9.17) is 15.2 Å². The molecular weight excluding hydrogens is 588 g/mol. The first-order valence-corrected chi connectivity index (χ1v) is 17.4. The van der Waals surface area contributed by atoms with Gasteiger partial charge in [-0.05, 0) is 94.8 Å². The number of carbonyl (C=O) groups is 1. The third-order valence-corrected chi connectivity index (χ3v) is 9.56. The van der Waals surface area contributed by atoms with Crippen molar-refractivity contribution in [3.05, 3.63) is 94.1 Å². The van der Waals surface area contributed by atoms with Gasteiger partial charge in [-0.3, -0.25) is 15.4 Å². The largest absolute Gasteiger partial charge is 0.482 e. The Morgan fingerprint density at radius 2 is 1.98 bits per heavy atom. The third kappa shape index (κ3) is 10.6. The molecule has 4 aliphatic heterocycles. The van der Waals surface area contributed by atoms with E-state index < -0.39 is 0 Å². The van der Waals surface area contributed by atoms with E-state index in [9.17, 15) is 4.79 Å². The Labute approximate surface area is 283 Å². The van der Waals surface area contributed by atoms with Crippen molar-refractivity contribution in [2.75, 3.05) is 66.3 Å². The minimum atomic E-state index is -0.170. The zero-order chi connectivity index (χ0) is 33.6. The maximum Gasteiger partial charge on any atom is 0.244 e. The van der Waals surface area contributed by atoms with Crippen LogP contribution in [0, 0.1) is 0 Å². The Balaban J connectivity index is 1.60. The third-order valence-electron chi connectivity index (χ3n) is 9.56. The van der Waals surface area contributed by atoms with Gasteiger partial charge in [0.1, 0.15) is 12.5 Å². The van der Waals surface area contributed by atoms with Gasteiger partial charge in [-0.2, -0.15) is 0 Å². The summed E-state index contributed by atoms with van der Waals surface area (Å²) in [6.45, 7) is 17.1. The first-order valence-electron chi connectivity index (χ1n) is 17.4. The van der Waals surface area contributed by atoms with Crippen LogP contribution < -0.4 is 21.7 Å². The van der Waals surface area contributed by atoms with Gasteiger partial charge in [-0.25, -0.2) is 0 Å². The quantitative estimate of drug-likeness (QED) is 0.0675. The summed E-state index contributed by atoms with van der Waals surface area (Å²) in [5.41, 5.74) is 13.5. The second-order valence-corrected chi connectivity index (χ2v) is 12.8. The topological polar surface area (TPSA) is 104 Å². The van der Waals surface area contributed by atoms with Crippen LogP contribution in [-0.2, 0) is 14.3 Å². The first-order chi connectivity index (χ1) is 22.8. The highest BCUT2D eigenvalue weighted by molar-refractivity contribution is 5.88. The zero-order valence-corrected chi connectivity index (χ0v) is 29.2. The smallest absolute Gasteiger partial charge is 0.244 e. The Bertz CT molecular complexity index is 1310. The van der Waals surface area contributed by atoms with E-state index in [-0.39, 0.29) is 12.6 Å². The van der Waals surface area contributed by atoms with Crippen molar-refractivity contribution in [3.8, 4) is 0 Å². The number of likely N-dealkylation sites (N-methyl/N-ethyl adjacent to an activating group) is 1. The Morgan fingerprint density at radius 1 is 1.21 bits per heavy atom. The highest BCUT2D eigenvalue weighted by Gasteiger charge is 2.29. The number of morpholine rings is 1. The number of nitrogens with zero attached hydrogens (tertiary/aromatic N) is 2. The Kier molecular flexibility index (Phi) is 14.6. The highest BCUT2D eigenvalue weighted by Crippen LogP contribution is 2.34. The molecule has 0 aromatic rings. The summed E-state index contributed by atoms with van der Waals surface area (Å²) in [4.78, 5) is 18.3. The molecule has 1 unspecified atom stereocenters. The number of carbonyl (C=O) groups excluding carboxylic acids is 1. The summed E-state index contributed by atoms with van der Waals surface area (Å²) in [6.07, 6.45) is 20.5. The molecule has 5 N–H and O–H groups in total. The lowest BCUT2D eigenvalue weighted by atomic mass is 9.92. The van der Waals surface area contributed by atoms with E-state index >= 15 is 0 Å². The predicted molar refractivity (Wildman–Crippen MR) is 192 cm³/mol. The number of hydrogen-bond donors (Lipinski definition) is 4. The average molecular weight is 647 g/mol. The molecule has 2 bridgehead atoms. The molecule has 0 radical (unpaired) electrons. The molecule has 0 spiro atoms. The first kappa shape index (κ1) is 36.5. The van der Waals surface area contributed by atoms with E-state index in [0.29, 0.717) is 25.0 Å². The number of dihydropyridines is 1. The van der Waals surface area contributed by atoms with Crippen LogP contribution in [0.25, 0.3) is 0 Å². The van der Waals surface area contributed by atoms with Crippen LogP contribution in [0.5, 0.6) is 0 Å². The molecule has 1 amide bonds. The maximum atomic E-state index is 13.3. The van der Waals surface area contributed by atoms with E-state index in [1.165, 1.54) is 16.8 Å². The number of rotatable bonds is 15. The number of nitrogens with one attached hydrogen (secondary N) is 3. The average Bonchev–Trinajstić information content (AvgIpc) is 3.41. The van der Waals surface area contributed by atoms with E-state index in [1.807, 2.05) is 32.1 Å². The van der Waals surface area contributed by atoms with Crippen molar-refractivity contribution in [1.29, 1.82) is 0 Å². The number of nitrogens with two attached hydrogens (primary N) is 1. The van der Waals surface area contributed by atoms with Crippen molar-refractivity contribution in [3.63, 3.8) is 0 Å². The number of hydrogen-bond acceptors (Lipinski definition) is 8. The van der Waals surface area contributed by atoms with Gasteiger partial charge in [0, 0.05) is 74.3 Å². The maximum absolute atomic E-state index is 13.3. The van der Waals surface area contributed by atoms with Crippen LogP contribution in [0.3, 0.4) is 0 Å². The van der Waals surface area contributed by atoms with Gasteiger partial charge in [-0.15, -0.1) is 0 Å². The van der Waals surface area contributed by atoms with Gasteiger partial charge in [0.25, 0.3) is 0 Å². The molecule has 5 rings (SSSR count). The summed E-state index contributed by atoms with van der Waals surface area (Å²) >= 11 is 0. The van der Waals surface area contributed by atoms with Crippen molar-refractivity contribution in [2.24, 2.45) is 5.73 Å². The molecule has 47 heavy (non-hydrogen) atoms. The number of ether oxygens (including phenoxy) is 2. The van der Waals surface area contributed by atoms with Gasteiger partial charge in [0.05, 0.1) is 19.3 Å². The van der Waals surface area contributed by atoms with Gasteiger partial charge in [-0.1, -0.05) is 30.9 Å². The fourth-order valence-electron chi connectivity index (χ4n) is 6.79. The number of allylic oxidation sites excluding steroid dienone is 9. The molecular formula is C38H58N6O3. The lowest BCUT2D eigenvalue weighted by Crippen LogP contribution is -2.46. The molecule has 1 atom stereocenters. The van der Waals surface area contributed by atoms with Crippen LogP contribution in [-0.4, -0.2) is 94.1 Å². The van der Waals surface area contributed by atoms with Gasteiger partial charge < -0.3 is 30.3 Å². The summed E-state index contributed by atoms with van der Waals surface area (Å²) in [6, 6.07) is 0.783. The van der Waals surface area contributed by atoms with Crippen molar-refractivity contribution < 1.29 is 14.3 Å². The molecule has 1 aliphatic carbocycles. The Hall–Kier alpha value is -3.37. The lowest BCUT2D eigenvalue weighted by molar-refractivity contribution is -0.116. The van der Waals surface area contributed by atoms with Gasteiger partial charge >= 0.3 is 0 Å². The van der Waals surface area contributed by atoms with Crippen molar-refractivity contribution in [2.45, 2.75) is 71.4 Å².